The van der Waals surface area contributed by atoms with Crippen LogP contribution in [0.1, 0.15) is 0 Å². The van der Waals surface area contributed by atoms with E-state index in [2.05, 4.69) is 15.2 Å². The number of hydrogen-bond acceptors (Lipinski definition) is 6. The first kappa shape index (κ1) is 13.6. The first-order chi connectivity index (χ1) is 10.4. The first-order valence-electron chi connectivity index (χ1n) is 6.46. The molecular weight excluding hydrogens is 286 g/mol. The topological polar surface area (TPSA) is 61.0 Å². The van der Waals surface area contributed by atoms with Crippen molar-refractivity contribution in [3.63, 3.8) is 0 Å². The summed E-state index contributed by atoms with van der Waals surface area (Å²) >= 11 is 1.47. The third kappa shape index (κ3) is 3.82. The van der Waals surface area contributed by atoms with Crippen molar-refractivity contribution >= 4 is 11.8 Å². The monoisotopic (exact) mass is 299 g/mol. The number of para-hydroxylation sites is 1. The summed E-state index contributed by atoms with van der Waals surface area (Å²) in [5.41, 5.74) is 0.817. The first-order valence-corrected chi connectivity index (χ1v) is 7.45. The van der Waals surface area contributed by atoms with E-state index >= 15 is 0 Å². The van der Waals surface area contributed by atoms with Crippen molar-refractivity contribution < 1.29 is 9.15 Å². The van der Waals surface area contributed by atoms with E-state index in [-0.39, 0.29) is 0 Å². The predicted molar refractivity (Wildman–Crippen MR) is 80.2 cm³/mol. The molecule has 2 heterocycles. The maximum Gasteiger partial charge on any atom is 0.276 e. The Morgan fingerprint density at radius 2 is 1.95 bits per heavy atom. The second-order valence-electron chi connectivity index (χ2n) is 4.12. The van der Waals surface area contributed by atoms with Crippen LogP contribution in [-0.4, -0.2) is 27.5 Å². The van der Waals surface area contributed by atoms with Crippen LogP contribution in [0.5, 0.6) is 5.75 Å². The van der Waals surface area contributed by atoms with Crippen LogP contribution in [0.15, 0.2) is 64.5 Å². The van der Waals surface area contributed by atoms with Gasteiger partial charge >= 0.3 is 0 Å². The van der Waals surface area contributed by atoms with Gasteiger partial charge in [0, 0.05) is 18.1 Å². The van der Waals surface area contributed by atoms with Crippen molar-refractivity contribution in [1.29, 1.82) is 0 Å². The Bertz CT molecular complexity index is 674. The van der Waals surface area contributed by atoms with Gasteiger partial charge in [0.2, 0.25) is 5.89 Å². The van der Waals surface area contributed by atoms with Crippen molar-refractivity contribution in [3.05, 3.63) is 54.9 Å². The molecule has 6 heteroatoms. The Labute approximate surface area is 126 Å². The molecule has 0 fully saturated rings. The van der Waals surface area contributed by atoms with Gasteiger partial charge in [-0.3, -0.25) is 4.98 Å². The number of thioether (sulfide) groups is 1. The molecule has 1 aromatic carbocycles. The highest BCUT2D eigenvalue weighted by Gasteiger charge is 2.08. The molecule has 0 spiro atoms. The molecule has 3 aromatic rings. The van der Waals surface area contributed by atoms with Crippen LogP contribution < -0.4 is 4.74 Å². The zero-order valence-electron chi connectivity index (χ0n) is 11.2. The van der Waals surface area contributed by atoms with E-state index in [1.807, 2.05) is 42.5 Å². The highest BCUT2D eigenvalue weighted by atomic mass is 32.2. The smallest absolute Gasteiger partial charge is 0.276 e. The zero-order chi connectivity index (χ0) is 14.3. The Morgan fingerprint density at radius 3 is 2.76 bits per heavy atom. The van der Waals surface area contributed by atoms with Crippen LogP contribution in [0, 0.1) is 0 Å². The molecule has 21 heavy (non-hydrogen) atoms. The number of pyridine rings is 1. The minimum Gasteiger partial charge on any atom is -0.493 e. The third-order valence-electron chi connectivity index (χ3n) is 2.64. The van der Waals surface area contributed by atoms with Gasteiger partial charge in [-0.25, -0.2) is 0 Å². The Balaban J connectivity index is 1.49. The lowest BCUT2D eigenvalue weighted by Crippen LogP contribution is -1.99. The van der Waals surface area contributed by atoms with Crippen molar-refractivity contribution in [2.75, 3.05) is 12.4 Å². The fraction of sp³-hybridized carbons (Fsp3) is 0.133. The van der Waals surface area contributed by atoms with Gasteiger partial charge in [0.05, 0.1) is 12.2 Å². The van der Waals surface area contributed by atoms with Gasteiger partial charge < -0.3 is 9.15 Å². The minimum atomic E-state index is 0.481. The van der Waals surface area contributed by atoms with Crippen LogP contribution in [0.3, 0.4) is 0 Å². The molecule has 0 saturated carbocycles. The number of benzene rings is 1. The summed E-state index contributed by atoms with van der Waals surface area (Å²) < 4.78 is 11.2. The largest absolute Gasteiger partial charge is 0.493 e. The lowest BCUT2D eigenvalue weighted by atomic mass is 10.3. The van der Waals surface area contributed by atoms with E-state index < -0.39 is 0 Å². The van der Waals surface area contributed by atoms with E-state index in [1.165, 1.54) is 11.8 Å². The van der Waals surface area contributed by atoms with Gasteiger partial charge in [0.25, 0.3) is 5.22 Å². The molecule has 2 aromatic heterocycles. The SMILES string of the molecule is c1ccc(OCCSc2nnc(-c3cccnc3)o2)cc1. The van der Waals surface area contributed by atoms with E-state index in [0.717, 1.165) is 17.1 Å². The fourth-order valence-corrected chi connectivity index (χ4v) is 2.26. The Kier molecular flexibility index (Phi) is 4.48. The summed E-state index contributed by atoms with van der Waals surface area (Å²) in [6.07, 6.45) is 3.40. The molecule has 0 saturated heterocycles. The maximum atomic E-state index is 5.60. The quantitative estimate of drug-likeness (QED) is 0.514. The van der Waals surface area contributed by atoms with Crippen molar-refractivity contribution in [2.45, 2.75) is 5.22 Å². The molecule has 0 unspecified atom stereocenters. The molecule has 0 aliphatic heterocycles. The van der Waals surface area contributed by atoms with Crippen molar-refractivity contribution in [3.8, 4) is 17.2 Å². The Hall–Kier alpha value is -2.34. The molecule has 0 N–H and O–H groups in total. The fourth-order valence-electron chi connectivity index (χ4n) is 1.68. The van der Waals surface area contributed by atoms with E-state index in [9.17, 15) is 0 Å². The number of ether oxygens (including phenoxy) is 1. The van der Waals surface area contributed by atoms with Gasteiger partial charge in [0.15, 0.2) is 0 Å². The van der Waals surface area contributed by atoms with Gasteiger partial charge in [0.1, 0.15) is 5.75 Å². The van der Waals surface area contributed by atoms with Crippen LogP contribution >= 0.6 is 11.8 Å². The molecule has 0 aliphatic rings. The average molecular weight is 299 g/mol. The number of aromatic nitrogens is 3. The lowest BCUT2D eigenvalue weighted by Gasteiger charge is -2.03. The summed E-state index contributed by atoms with van der Waals surface area (Å²) in [7, 11) is 0. The van der Waals surface area contributed by atoms with Crippen molar-refractivity contribution in [2.24, 2.45) is 0 Å². The summed E-state index contributed by atoms with van der Waals surface area (Å²) in [6.45, 7) is 0.583. The molecule has 106 valence electrons. The van der Waals surface area contributed by atoms with Crippen LogP contribution in [-0.2, 0) is 0 Å². The molecule has 3 rings (SSSR count). The summed E-state index contributed by atoms with van der Waals surface area (Å²) in [5.74, 6) is 2.08. The van der Waals surface area contributed by atoms with E-state index in [0.29, 0.717) is 17.7 Å². The lowest BCUT2D eigenvalue weighted by molar-refractivity contribution is 0.343. The van der Waals surface area contributed by atoms with Crippen LogP contribution in [0.25, 0.3) is 11.5 Å². The molecule has 0 radical (unpaired) electrons. The van der Waals surface area contributed by atoms with E-state index in [4.69, 9.17) is 9.15 Å². The van der Waals surface area contributed by atoms with Crippen molar-refractivity contribution in [1.82, 2.24) is 15.2 Å². The third-order valence-corrected chi connectivity index (χ3v) is 3.42. The Morgan fingerprint density at radius 1 is 1.05 bits per heavy atom. The highest BCUT2D eigenvalue weighted by Crippen LogP contribution is 2.22. The van der Waals surface area contributed by atoms with Gasteiger partial charge in [-0.1, -0.05) is 30.0 Å². The second kappa shape index (κ2) is 6.90. The zero-order valence-corrected chi connectivity index (χ0v) is 12.0. The summed E-state index contributed by atoms with van der Waals surface area (Å²) in [5, 5.41) is 8.54. The molecule has 0 atom stereocenters. The van der Waals surface area contributed by atoms with Gasteiger partial charge in [-0.05, 0) is 24.3 Å². The molecule has 0 bridgehead atoms. The summed E-state index contributed by atoms with van der Waals surface area (Å²) in [6, 6.07) is 13.4. The number of rotatable bonds is 6. The molecule has 5 nitrogen and oxygen atoms in total. The van der Waals surface area contributed by atoms with Crippen LogP contribution in [0.2, 0.25) is 0 Å². The molecule has 0 amide bonds. The number of hydrogen-bond donors (Lipinski definition) is 0. The maximum absolute atomic E-state index is 5.60. The van der Waals surface area contributed by atoms with Crippen LogP contribution in [0.4, 0.5) is 0 Å². The number of nitrogens with zero attached hydrogens (tertiary/aromatic N) is 3. The summed E-state index contributed by atoms with van der Waals surface area (Å²) in [4.78, 5) is 4.02. The molecular formula is C15H13N3O2S. The van der Waals surface area contributed by atoms with Gasteiger partial charge in [-0.15, -0.1) is 10.2 Å². The normalized spacial score (nSPS) is 10.5. The highest BCUT2D eigenvalue weighted by molar-refractivity contribution is 7.99. The average Bonchev–Trinajstić information content (AvgIpc) is 3.02. The minimum absolute atomic E-state index is 0.481. The second-order valence-corrected chi connectivity index (χ2v) is 5.17. The standard InChI is InChI=1S/C15H13N3O2S/c1-2-6-13(7-3-1)19-9-10-21-15-18-17-14(20-15)12-5-4-8-16-11-12/h1-8,11H,9-10H2. The van der Waals surface area contributed by atoms with Gasteiger partial charge in [-0.2, -0.15) is 0 Å². The van der Waals surface area contributed by atoms with E-state index in [1.54, 1.807) is 12.4 Å². The predicted octanol–water partition coefficient (Wildman–Crippen LogP) is 3.30. The molecule has 0 aliphatic carbocycles.